The van der Waals surface area contributed by atoms with Crippen LogP contribution in [-0.2, 0) is 0 Å². The first-order valence-electron chi connectivity index (χ1n) is 4.98. The first-order chi connectivity index (χ1) is 8.59. The summed E-state index contributed by atoms with van der Waals surface area (Å²) in [5.41, 5.74) is 6.01. The van der Waals surface area contributed by atoms with Crippen molar-refractivity contribution < 1.29 is 9.18 Å². The van der Waals surface area contributed by atoms with Gasteiger partial charge in [0.1, 0.15) is 10.8 Å². The molecule has 0 saturated carbocycles. The second-order valence-electron chi connectivity index (χ2n) is 3.47. The minimum Gasteiger partial charge on any atom is -0.389 e. The van der Waals surface area contributed by atoms with Crippen molar-refractivity contribution in [2.75, 3.05) is 5.32 Å². The number of aromatic nitrogens is 2. The standard InChI is InChI=1S/C11H9FN4OS/c12-7-2-1-3-8(9(7)10(13)18)16-11(17)6-4-14-15-5-6/h1-5H,(H2,13,18)(H,14,15)(H,16,17). The Morgan fingerprint density at radius 1 is 1.50 bits per heavy atom. The monoisotopic (exact) mass is 264 g/mol. The average Bonchev–Trinajstić information content (AvgIpc) is 2.81. The minimum atomic E-state index is -0.576. The summed E-state index contributed by atoms with van der Waals surface area (Å²) in [4.78, 5) is 11.7. The molecule has 5 nitrogen and oxygen atoms in total. The van der Waals surface area contributed by atoms with Gasteiger partial charge in [0.25, 0.3) is 5.91 Å². The molecule has 0 aliphatic heterocycles. The van der Waals surface area contributed by atoms with E-state index in [2.05, 4.69) is 15.5 Å². The zero-order chi connectivity index (χ0) is 13.1. The topological polar surface area (TPSA) is 83.8 Å². The third-order valence-corrected chi connectivity index (χ3v) is 2.47. The first kappa shape index (κ1) is 12.2. The van der Waals surface area contributed by atoms with Gasteiger partial charge in [-0.1, -0.05) is 18.3 Å². The van der Waals surface area contributed by atoms with Crippen LogP contribution in [0.3, 0.4) is 0 Å². The highest BCUT2D eigenvalue weighted by molar-refractivity contribution is 7.80. The molecule has 1 amide bonds. The van der Waals surface area contributed by atoms with Gasteiger partial charge in [0.15, 0.2) is 0 Å². The summed E-state index contributed by atoms with van der Waals surface area (Å²) in [5.74, 6) is -1.00. The highest BCUT2D eigenvalue weighted by atomic mass is 32.1. The zero-order valence-corrected chi connectivity index (χ0v) is 9.92. The van der Waals surface area contributed by atoms with Crippen LogP contribution in [0.2, 0.25) is 0 Å². The highest BCUT2D eigenvalue weighted by Gasteiger charge is 2.14. The minimum absolute atomic E-state index is 0.0179. The van der Waals surface area contributed by atoms with Gasteiger partial charge in [-0.3, -0.25) is 9.89 Å². The number of hydrogen-bond donors (Lipinski definition) is 3. The second-order valence-corrected chi connectivity index (χ2v) is 3.91. The van der Waals surface area contributed by atoms with Crippen molar-refractivity contribution in [2.45, 2.75) is 0 Å². The van der Waals surface area contributed by atoms with E-state index in [9.17, 15) is 9.18 Å². The second kappa shape index (κ2) is 4.92. The first-order valence-corrected chi connectivity index (χ1v) is 5.39. The number of aromatic amines is 1. The zero-order valence-electron chi connectivity index (χ0n) is 9.11. The molecule has 0 atom stereocenters. The Bertz CT molecular complexity index is 597. The summed E-state index contributed by atoms with van der Waals surface area (Å²) in [6.07, 6.45) is 2.78. The van der Waals surface area contributed by atoms with Crippen LogP contribution < -0.4 is 11.1 Å². The Morgan fingerprint density at radius 2 is 2.28 bits per heavy atom. The Kier molecular flexibility index (Phi) is 3.33. The van der Waals surface area contributed by atoms with Gasteiger partial charge in [-0.05, 0) is 12.1 Å². The Balaban J connectivity index is 2.32. The predicted octanol–water partition coefficient (Wildman–Crippen LogP) is 1.44. The van der Waals surface area contributed by atoms with Crippen LogP contribution in [0.4, 0.5) is 10.1 Å². The van der Waals surface area contributed by atoms with Crippen molar-refractivity contribution in [1.82, 2.24) is 10.2 Å². The van der Waals surface area contributed by atoms with E-state index in [0.29, 0.717) is 5.56 Å². The molecular formula is C11H9FN4OS. The van der Waals surface area contributed by atoms with Crippen LogP contribution in [-0.4, -0.2) is 21.1 Å². The molecule has 7 heteroatoms. The van der Waals surface area contributed by atoms with Gasteiger partial charge >= 0.3 is 0 Å². The molecule has 1 heterocycles. The number of nitrogens with zero attached hydrogens (tertiary/aromatic N) is 1. The van der Waals surface area contributed by atoms with Crippen LogP contribution >= 0.6 is 12.2 Å². The summed E-state index contributed by atoms with van der Waals surface area (Å²) in [7, 11) is 0. The quantitative estimate of drug-likeness (QED) is 0.732. The SMILES string of the molecule is NC(=S)c1c(F)cccc1NC(=O)c1cn[nH]c1. The van der Waals surface area contributed by atoms with Crippen molar-refractivity contribution in [2.24, 2.45) is 5.73 Å². The molecular weight excluding hydrogens is 255 g/mol. The third-order valence-electron chi connectivity index (χ3n) is 2.27. The number of halogens is 1. The lowest BCUT2D eigenvalue weighted by molar-refractivity contribution is 0.102. The molecule has 2 rings (SSSR count). The van der Waals surface area contributed by atoms with Crippen molar-refractivity contribution in [3.05, 3.63) is 47.5 Å². The van der Waals surface area contributed by atoms with Gasteiger partial charge in [0.2, 0.25) is 0 Å². The lowest BCUT2D eigenvalue weighted by Gasteiger charge is -2.09. The van der Waals surface area contributed by atoms with Crippen LogP contribution in [0, 0.1) is 5.82 Å². The summed E-state index contributed by atoms with van der Waals surface area (Å²) in [6.45, 7) is 0. The molecule has 1 aromatic heterocycles. The fourth-order valence-corrected chi connectivity index (χ4v) is 1.66. The summed E-state index contributed by atoms with van der Waals surface area (Å²) in [5, 5.41) is 8.69. The fourth-order valence-electron chi connectivity index (χ4n) is 1.45. The number of nitrogens with two attached hydrogens (primary N) is 1. The van der Waals surface area contributed by atoms with Gasteiger partial charge in [-0.15, -0.1) is 0 Å². The number of benzene rings is 1. The number of carbonyl (C=O) groups is 1. The van der Waals surface area contributed by atoms with E-state index in [1.807, 2.05) is 0 Å². The highest BCUT2D eigenvalue weighted by Crippen LogP contribution is 2.19. The maximum atomic E-state index is 13.6. The van der Waals surface area contributed by atoms with Gasteiger partial charge in [0.05, 0.1) is 23.0 Å². The Hall–Kier alpha value is -2.28. The normalized spacial score (nSPS) is 10.1. The van der Waals surface area contributed by atoms with E-state index in [1.54, 1.807) is 0 Å². The van der Waals surface area contributed by atoms with Crippen molar-refractivity contribution in [1.29, 1.82) is 0 Å². The average molecular weight is 264 g/mol. The number of amides is 1. The molecule has 18 heavy (non-hydrogen) atoms. The molecule has 0 unspecified atom stereocenters. The molecule has 0 radical (unpaired) electrons. The number of anilines is 1. The van der Waals surface area contributed by atoms with Gasteiger partial charge in [-0.2, -0.15) is 5.10 Å². The number of rotatable bonds is 3. The fraction of sp³-hybridized carbons (Fsp3) is 0. The molecule has 0 fully saturated rings. The summed E-state index contributed by atoms with van der Waals surface area (Å²) in [6, 6.07) is 4.21. The number of hydrogen-bond acceptors (Lipinski definition) is 3. The number of thiocarbonyl (C=S) groups is 1. The van der Waals surface area contributed by atoms with E-state index in [1.165, 1.54) is 30.6 Å². The van der Waals surface area contributed by atoms with Crippen LogP contribution in [0.15, 0.2) is 30.6 Å². The molecule has 0 spiro atoms. The van der Waals surface area contributed by atoms with E-state index in [0.717, 1.165) is 0 Å². The predicted molar refractivity (Wildman–Crippen MR) is 68.8 cm³/mol. The van der Waals surface area contributed by atoms with E-state index < -0.39 is 11.7 Å². The van der Waals surface area contributed by atoms with E-state index in [4.69, 9.17) is 18.0 Å². The molecule has 0 aliphatic rings. The Morgan fingerprint density at radius 3 is 2.89 bits per heavy atom. The lowest BCUT2D eigenvalue weighted by atomic mass is 10.1. The maximum Gasteiger partial charge on any atom is 0.258 e. The van der Waals surface area contributed by atoms with Crippen molar-refractivity contribution >= 4 is 28.8 Å². The van der Waals surface area contributed by atoms with Gasteiger partial charge in [-0.25, -0.2) is 4.39 Å². The molecule has 92 valence electrons. The van der Waals surface area contributed by atoms with Crippen LogP contribution in [0.1, 0.15) is 15.9 Å². The van der Waals surface area contributed by atoms with Crippen LogP contribution in [0.25, 0.3) is 0 Å². The molecule has 2 aromatic rings. The van der Waals surface area contributed by atoms with E-state index in [-0.39, 0.29) is 16.2 Å². The number of carbonyl (C=O) groups excluding carboxylic acids is 1. The smallest absolute Gasteiger partial charge is 0.258 e. The maximum absolute atomic E-state index is 13.6. The van der Waals surface area contributed by atoms with Gasteiger partial charge < -0.3 is 11.1 Å². The number of H-pyrrole nitrogens is 1. The van der Waals surface area contributed by atoms with Crippen molar-refractivity contribution in [3.63, 3.8) is 0 Å². The van der Waals surface area contributed by atoms with Gasteiger partial charge in [0, 0.05) is 6.20 Å². The summed E-state index contributed by atoms with van der Waals surface area (Å²) >= 11 is 4.76. The molecule has 0 saturated heterocycles. The molecule has 1 aromatic carbocycles. The van der Waals surface area contributed by atoms with Crippen molar-refractivity contribution in [3.8, 4) is 0 Å². The molecule has 0 bridgehead atoms. The lowest BCUT2D eigenvalue weighted by Crippen LogP contribution is -2.18. The third kappa shape index (κ3) is 2.35. The molecule has 0 aliphatic carbocycles. The molecule has 4 N–H and O–H groups in total. The summed E-state index contributed by atoms with van der Waals surface area (Å²) < 4.78 is 13.6. The van der Waals surface area contributed by atoms with Crippen LogP contribution in [0.5, 0.6) is 0 Å². The van der Waals surface area contributed by atoms with E-state index >= 15 is 0 Å². The Labute approximate surface area is 107 Å². The largest absolute Gasteiger partial charge is 0.389 e. The number of nitrogens with one attached hydrogen (secondary N) is 2.